The van der Waals surface area contributed by atoms with Crippen LogP contribution in [0.15, 0.2) is 192 Å². The Balaban J connectivity index is 0.987. The fourth-order valence-corrected chi connectivity index (χ4v) is 9.07. The molecule has 0 amide bonds. The van der Waals surface area contributed by atoms with E-state index in [-0.39, 0.29) is 0 Å². The molecule has 56 heavy (non-hydrogen) atoms. The highest BCUT2D eigenvalue weighted by Gasteiger charge is 2.17. The summed E-state index contributed by atoms with van der Waals surface area (Å²) in [5, 5.41) is 4.79. The Hall–Kier alpha value is -7.21. The van der Waals surface area contributed by atoms with E-state index in [1.807, 2.05) is 72.0 Å². The zero-order chi connectivity index (χ0) is 37.0. The Morgan fingerprint density at radius 2 is 0.911 bits per heavy atom. The van der Waals surface area contributed by atoms with Gasteiger partial charge in [0.2, 0.25) is 0 Å². The molecule has 0 spiro atoms. The number of fused-ring (bicyclic) bond motifs is 6. The Labute approximate surface area is 327 Å². The second kappa shape index (κ2) is 13.3. The highest BCUT2D eigenvalue weighted by molar-refractivity contribution is 7.26. The number of furan rings is 1. The van der Waals surface area contributed by atoms with Crippen LogP contribution in [0.25, 0.3) is 110 Å². The molecule has 0 aliphatic rings. The lowest BCUT2D eigenvalue weighted by atomic mass is 9.95. The molecule has 0 unspecified atom stereocenters. The van der Waals surface area contributed by atoms with Gasteiger partial charge in [0.15, 0.2) is 17.5 Å². The zero-order valence-electron chi connectivity index (χ0n) is 30.1. The molecule has 0 atom stereocenters. The normalized spacial score (nSPS) is 11.6. The van der Waals surface area contributed by atoms with Crippen LogP contribution in [0.4, 0.5) is 0 Å². The Morgan fingerprint density at radius 1 is 0.339 bits per heavy atom. The molecule has 8 aromatic carbocycles. The van der Waals surface area contributed by atoms with E-state index < -0.39 is 0 Å². The van der Waals surface area contributed by atoms with Crippen LogP contribution in [0.5, 0.6) is 0 Å². The summed E-state index contributed by atoms with van der Waals surface area (Å²) >= 11 is 1.87. The molecule has 262 valence electrons. The minimum absolute atomic E-state index is 0.623. The van der Waals surface area contributed by atoms with Crippen molar-refractivity contribution >= 4 is 53.4 Å². The molecule has 3 heterocycles. The van der Waals surface area contributed by atoms with Crippen molar-refractivity contribution in [1.29, 1.82) is 0 Å². The number of aromatic nitrogens is 3. The second-order valence-electron chi connectivity index (χ2n) is 14.0. The average molecular weight is 734 g/mol. The molecule has 0 saturated carbocycles. The van der Waals surface area contributed by atoms with Gasteiger partial charge >= 0.3 is 0 Å². The maximum Gasteiger partial charge on any atom is 0.164 e. The summed E-state index contributed by atoms with van der Waals surface area (Å²) in [6.45, 7) is 0. The lowest BCUT2D eigenvalue weighted by molar-refractivity contribution is 0.669. The first-order chi connectivity index (χ1) is 27.7. The third-order valence-corrected chi connectivity index (χ3v) is 11.8. The highest BCUT2D eigenvalue weighted by atomic mass is 32.1. The van der Waals surface area contributed by atoms with E-state index in [9.17, 15) is 0 Å². The molecule has 0 N–H and O–H groups in total. The van der Waals surface area contributed by atoms with E-state index in [1.54, 1.807) is 0 Å². The molecule has 5 heteroatoms. The largest absolute Gasteiger partial charge is 0.456 e. The predicted molar refractivity (Wildman–Crippen MR) is 233 cm³/mol. The van der Waals surface area contributed by atoms with Gasteiger partial charge < -0.3 is 4.42 Å². The summed E-state index contributed by atoms with van der Waals surface area (Å²) in [6.07, 6.45) is 0. The minimum Gasteiger partial charge on any atom is -0.456 e. The van der Waals surface area contributed by atoms with Crippen molar-refractivity contribution in [2.45, 2.75) is 0 Å². The summed E-state index contributed by atoms with van der Waals surface area (Å²) in [7, 11) is 0. The number of rotatable bonds is 6. The number of nitrogens with zero attached hydrogens (tertiary/aromatic N) is 3. The Bertz CT molecular complexity index is 3180. The molecule has 11 rings (SSSR count). The van der Waals surface area contributed by atoms with Gasteiger partial charge in [-0.1, -0.05) is 158 Å². The molecule has 0 aliphatic heterocycles. The Morgan fingerprint density at radius 3 is 1.68 bits per heavy atom. The van der Waals surface area contributed by atoms with E-state index >= 15 is 0 Å². The molecule has 0 radical (unpaired) electrons. The van der Waals surface area contributed by atoms with Gasteiger partial charge in [0.05, 0.1) is 0 Å². The molecular formula is C51H31N3OS. The summed E-state index contributed by atoms with van der Waals surface area (Å²) in [4.78, 5) is 14.9. The van der Waals surface area contributed by atoms with E-state index in [2.05, 4.69) is 127 Å². The standard InChI is InChI=1S/C51H31N3OS/c1-3-12-34(13-4-1)49-52-50(35-14-5-2-6-15-35)54-51(53-49)38-17-9-16-37(30-38)39-19-11-22-45-47(39)43-31-36(28-29-44(43)55-45)32-24-26-33(27-25-32)40-20-10-21-42-41-18-7-8-23-46(41)56-48(40)42/h1-31H. The molecule has 11 aromatic rings. The third-order valence-electron chi connectivity index (χ3n) is 10.6. The molecule has 4 nitrogen and oxygen atoms in total. The van der Waals surface area contributed by atoms with Crippen LogP contribution < -0.4 is 0 Å². The van der Waals surface area contributed by atoms with Crippen LogP contribution in [-0.2, 0) is 0 Å². The second-order valence-corrected chi connectivity index (χ2v) is 15.0. The van der Waals surface area contributed by atoms with E-state index in [4.69, 9.17) is 19.4 Å². The third kappa shape index (κ3) is 5.56. The van der Waals surface area contributed by atoms with E-state index in [0.29, 0.717) is 17.5 Å². The van der Waals surface area contributed by atoms with Gasteiger partial charge in [-0.3, -0.25) is 0 Å². The van der Waals surface area contributed by atoms with Crippen LogP contribution in [0.3, 0.4) is 0 Å². The van der Waals surface area contributed by atoms with Crippen molar-refractivity contribution in [3.8, 4) is 67.5 Å². The summed E-state index contributed by atoms with van der Waals surface area (Å²) in [5.41, 5.74) is 11.4. The van der Waals surface area contributed by atoms with Gasteiger partial charge in [0, 0.05) is 47.6 Å². The fraction of sp³-hybridized carbons (Fsp3) is 0. The maximum absolute atomic E-state index is 6.46. The zero-order valence-corrected chi connectivity index (χ0v) is 30.9. The molecule has 0 aliphatic carbocycles. The van der Waals surface area contributed by atoms with E-state index in [0.717, 1.165) is 60.9 Å². The van der Waals surface area contributed by atoms with Crippen LogP contribution in [0.1, 0.15) is 0 Å². The molecule has 3 aromatic heterocycles. The first kappa shape index (κ1) is 32.2. The van der Waals surface area contributed by atoms with Crippen molar-refractivity contribution < 1.29 is 4.42 Å². The summed E-state index contributed by atoms with van der Waals surface area (Å²) in [6, 6.07) is 65.7. The molecule has 0 fully saturated rings. The van der Waals surface area contributed by atoms with Gasteiger partial charge in [-0.05, 0) is 63.7 Å². The molecule has 0 saturated heterocycles. The molecular weight excluding hydrogens is 703 g/mol. The fourth-order valence-electron chi connectivity index (χ4n) is 7.83. The van der Waals surface area contributed by atoms with Crippen LogP contribution in [0.2, 0.25) is 0 Å². The predicted octanol–water partition coefficient (Wildman–Crippen LogP) is 14.1. The first-order valence-electron chi connectivity index (χ1n) is 18.7. The van der Waals surface area contributed by atoms with Gasteiger partial charge in [-0.2, -0.15) is 0 Å². The number of hydrogen-bond acceptors (Lipinski definition) is 5. The minimum atomic E-state index is 0.623. The topological polar surface area (TPSA) is 51.8 Å². The van der Waals surface area contributed by atoms with Crippen molar-refractivity contribution in [2.24, 2.45) is 0 Å². The van der Waals surface area contributed by atoms with Crippen molar-refractivity contribution in [3.63, 3.8) is 0 Å². The van der Waals surface area contributed by atoms with Gasteiger partial charge in [0.1, 0.15) is 11.2 Å². The van der Waals surface area contributed by atoms with E-state index in [1.165, 1.54) is 31.3 Å². The van der Waals surface area contributed by atoms with Crippen LogP contribution >= 0.6 is 11.3 Å². The number of hydrogen-bond donors (Lipinski definition) is 0. The van der Waals surface area contributed by atoms with Crippen molar-refractivity contribution in [3.05, 3.63) is 188 Å². The van der Waals surface area contributed by atoms with Gasteiger partial charge in [0.25, 0.3) is 0 Å². The van der Waals surface area contributed by atoms with Crippen molar-refractivity contribution in [2.75, 3.05) is 0 Å². The summed E-state index contributed by atoms with van der Waals surface area (Å²) in [5.74, 6) is 1.90. The van der Waals surface area contributed by atoms with Crippen LogP contribution in [0, 0.1) is 0 Å². The monoisotopic (exact) mass is 733 g/mol. The highest BCUT2D eigenvalue weighted by Crippen LogP contribution is 2.42. The lowest BCUT2D eigenvalue weighted by Gasteiger charge is -2.10. The SMILES string of the molecule is c1ccc(-c2nc(-c3ccccc3)nc(-c3cccc(-c4cccc5oc6ccc(-c7ccc(-c8cccc9c8sc8ccccc89)cc7)cc6c45)c3)n2)cc1. The average Bonchev–Trinajstić information content (AvgIpc) is 3.85. The van der Waals surface area contributed by atoms with Gasteiger partial charge in [-0.25, -0.2) is 15.0 Å². The number of thiophene rings is 1. The summed E-state index contributed by atoms with van der Waals surface area (Å²) < 4.78 is 9.11. The molecule has 0 bridgehead atoms. The Kier molecular flexibility index (Phi) is 7.64. The van der Waals surface area contributed by atoms with Crippen LogP contribution in [-0.4, -0.2) is 15.0 Å². The quantitative estimate of drug-likeness (QED) is 0.171. The number of benzene rings is 8. The smallest absolute Gasteiger partial charge is 0.164 e. The maximum atomic E-state index is 6.46. The van der Waals surface area contributed by atoms with Crippen molar-refractivity contribution in [1.82, 2.24) is 15.0 Å². The first-order valence-corrected chi connectivity index (χ1v) is 19.5. The lowest BCUT2D eigenvalue weighted by Crippen LogP contribution is -2.00. The van der Waals surface area contributed by atoms with Gasteiger partial charge in [-0.15, -0.1) is 11.3 Å².